The van der Waals surface area contributed by atoms with E-state index < -0.39 is 10.0 Å². The Labute approximate surface area is 159 Å². The number of primary sulfonamides is 1. The normalized spacial score (nSPS) is 17.6. The van der Waals surface area contributed by atoms with Crippen molar-refractivity contribution in [2.75, 3.05) is 13.2 Å². The lowest BCUT2D eigenvalue weighted by atomic mass is 10.1. The molecule has 0 spiro atoms. The summed E-state index contributed by atoms with van der Waals surface area (Å²) in [4.78, 5) is 12.6. The number of carbonyl (C=O) groups is 1. The van der Waals surface area contributed by atoms with Crippen molar-refractivity contribution in [3.05, 3.63) is 53.9 Å². The number of ether oxygens (including phenoxy) is 1. The van der Waals surface area contributed by atoms with Gasteiger partial charge in [0.15, 0.2) is 0 Å². The number of rotatable bonds is 7. The van der Waals surface area contributed by atoms with Crippen LogP contribution in [0.25, 0.3) is 0 Å². The fraction of sp³-hybridized carbons (Fsp3) is 0.421. The number of hydrogen-bond donors (Lipinski definition) is 2. The number of hydrogen-bond acceptors (Lipinski definition) is 4. The molecule has 0 radical (unpaired) electrons. The molecule has 1 aromatic heterocycles. The summed E-state index contributed by atoms with van der Waals surface area (Å²) in [7, 11) is -3.89. The molecule has 8 heteroatoms. The first-order valence-electron chi connectivity index (χ1n) is 9.10. The van der Waals surface area contributed by atoms with Gasteiger partial charge in [0, 0.05) is 25.9 Å². The Balaban J connectivity index is 1.71. The van der Waals surface area contributed by atoms with Gasteiger partial charge >= 0.3 is 0 Å². The van der Waals surface area contributed by atoms with Gasteiger partial charge in [0.05, 0.1) is 6.10 Å². The maximum absolute atomic E-state index is 12.6. The van der Waals surface area contributed by atoms with Crippen LogP contribution in [-0.2, 0) is 21.3 Å². The molecule has 1 aromatic carbocycles. The van der Waals surface area contributed by atoms with E-state index in [0.29, 0.717) is 13.1 Å². The molecule has 1 unspecified atom stereocenters. The first-order chi connectivity index (χ1) is 12.9. The molecule has 2 heterocycles. The molecule has 1 saturated heterocycles. The summed E-state index contributed by atoms with van der Waals surface area (Å²) in [6, 6.07) is 10.8. The third-order valence-corrected chi connectivity index (χ3v) is 5.53. The van der Waals surface area contributed by atoms with Gasteiger partial charge < -0.3 is 14.6 Å². The van der Waals surface area contributed by atoms with Crippen molar-refractivity contribution in [2.24, 2.45) is 5.14 Å². The van der Waals surface area contributed by atoms with Crippen LogP contribution in [0.3, 0.4) is 0 Å². The highest BCUT2D eigenvalue weighted by Gasteiger charge is 2.20. The molecule has 27 heavy (non-hydrogen) atoms. The van der Waals surface area contributed by atoms with E-state index in [4.69, 9.17) is 9.88 Å². The summed E-state index contributed by atoms with van der Waals surface area (Å²) in [6.07, 6.45) is 5.57. The van der Waals surface area contributed by atoms with Crippen molar-refractivity contribution < 1.29 is 17.9 Å². The first-order valence-corrected chi connectivity index (χ1v) is 10.6. The van der Waals surface area contributed by atoms with E-state index >= 15 is 0 Å². The van der Waals surface area contributed by atoms with E-state index in [-0.39, 0.29) is 22.6 Å². The first kappa shape index (κ1) is 19.6. The molecule has 7 nitrogen and oxygen atoms in total. The summed E-state index contributed by atoms with van der Waals surface area (Å²) in [5.41, 5.74) is 1.23. The largest absolute Gasteiger partial charge is 0.378 e. The van der Waals surface area contributed by atoms with E-state index in [0.717, 1.165) is 37.9 Å². The second-order valence-electron chi connectivity index (χ2n) is 6.75. The van der Waals surface area contributed by atoms with E-state index in [1.165, 1.54) is 12.3 Å². The van der Waals surface area contributed by atoms with Crippen LogP contribution in [0.5, 0.6) is 0 Å². The van der Waals surface area contributed by atoms with E-state index in [9.17, 15) is 13.2 Å². The number of nitrogens with one attached hydrogen (secondary N) is 1. The van der Waals surface area contributed by atoms with Crippen LogP contribution >= 0.6 is 0 Å². The standard InChI is InChI=1S/C19H25N3O4S/c20-27(24,25)17-12-18(22(14-17)13-15-6-2-1-3-7-15)19(23)21-10-9-16-8-4-5-11-26-16/h1-3,6-7,12,14,16H,4-5,8-11,13H2,(H,21,23)(H2,20,24,25). The molecule has 3 N–H and O–H groups in total. The Morgan fingerprint density at radius 2 is 2.04 bits per heavy atom. The van der Waals surface area contributed by atoms with Crippen molar-refractivity contribution in [1.82, 2.24) is 9.88 Å². The Kier molecular flexibility index (Phi) is 6.30. The molecule has 2 aromatic rings. The topological polar surface area (TPSA) is 103 Å². The predicted molar refractivity (Wildman–Crippen MR) is 102 cm³/mol. The molecule has 1 amide bonds. The minimum Gasteiger partial charge on any atom is -0.378 e. The molecule has 0 aliphatic carbocycles. The Bertz CT molecular complexity index is 872. The fourth-order valence-electron chi connectivity index (χ4n) is 3.21. The van der Waals surface area contributed by atoms with Crippen LogP contribution in [0.2, 0.25) is 0 Å². The van der Waals surface area contributed by atoms with Gasteiger partial charge in [-0.1, -0.05) is 30.3 Å². The maximum Gasteiger partial charge on any atom is 0.267 e. The molecule has 0 saturated carbocycles. The Hall–Kier alpha value is -2.16. The second kappa shape index (κ2) is 8.69. The van der Waals surface area contributed by atoms with Crippen LogP contribution in [0.1, 0.15) is 41.7 Å². The van der Waals surface area contributed by atoms with Crippen molar-refractivity contribution >= 4 is 15.9 Å². The minimum absolute atomic E-state index is 0.0702. The van der Waals surface area contributed by atoms with Gasteiger partial charge in [0.1, 0.15) is 10.6 Å². The van der Waals surface area contributed by atoms with E-state index in [1.54, 1.807) is 4.57 Å². The molecule has 3 rings (SSSR count). The fourth-order valence-corrected chi connectivity index (χ4v) is 3.76. The van der Waals surface area contributed by atoms with Crippen molar-refractivity contribution in [2.45, 2.75) is 43.2 Å². The predicted octanol–water partition coefficient (Wildman–Crippen LogP) is 1.87. The zero-order valence-electron chi connectivity index (χ0n) is 15.1. The third kappa shape index (κ3) is 5.41. The number of nitrogens with zero attached hydrogens (tertiary/aromatic N) is 1. The molecule has 1 atom stereocenters. The molecule has 1 aliphatic rings. The SMILES string of the molecule is NS(=O)(=O)c1cc(C(=O)NCCC2CCCCO2)n(Cc2ccccc2)c1. The summed E-state index contributed by atoms with van der Waals surface area (Å²) in [5, 5.41) is 8.10. The van der Waals surface area contributed by atoms with Gasteiger partial charge in [0.25, 0.3) is 5.91 Å². The van der Waals surface area contributed by atoms with Crippen LogP contribution in [0, 0.1) is 0 Å². The molecule has 0 bridgehead atoms. The van der Waals surface area contributed by atoms with Gasteiger partial charge in [-0.3, -0.25) is 4.79 Å². The second-order valence-corrected chi connectivity index (χ2v) is 8.31. The van der Waals surface area contributed by atoms with Gasteiger partial charge in [0.2, 0.25) is 10.0 Å². The highest BCUT2D eigenvalue weighted by atomic mass is 32.2. The summed E-state index contributed by atoms with van der Waals surface area (Å²) < 4.78 is 30.7. The number of aromatic nitrogens is 1. The third-order valence-electron chi connectivity index (χ3n) is 4.65. The van der Waals surface area contributed by atoms with Crippen LogP contribution in [-0.4, -0.2) is 38.1 Å². The van der Waals surface area contributed by atoms with Crippen molar-refractivity contribution in [3.63, 3.8) is 0 Å². The van der Waals surface area contributed by atoms with Crippen molar-refractivity contribution in [3.8, 4) is 0 Å². The maximum atomic E-state index is 12.6. The lowest BCUT2D eigenvalue weighted by Crippen LogP contribution is -2.30. The lowest BCUT2D eigenvalue weighted by molar-refractivity contribution is 0.0117. The molecule has 1 aliphatic heterocycles. The molecular weight excluding hydrogens is 366 g/mol. The van der Waals surface area contributed by atoms with Gasteiger partial charge in [-0.2, -0.15) is 0 Å². The van der Waals surface area contributed by atoms with E-state index in [2.05, 4.69) is 5.32 Å². The summed E-state index contributed by atoms with van der Waals surface area (Å²) in [6.45, 7) is 1.63. The minimum atomic E-state index is -3.89. The average Bonchev–Trinajstić information content (AvgIpc) is 3.08. The van der Waals surface area contributed by atoms with Gasteiger partial charge in [-0.15, -0.1) is 0 Å². The number of amides is 1. The number of sulfonamides is 1. The van der Waals surface area contributed by atoms with Crippen molar-refractivity contribution in [1.29, 1.82) is 0 Å². The van der Waals surface area contributed by atoms with Crippen LogP contribution in [0.15, 0.2) is 47.5 Å². The average molecular weight is 391 g/mol. The zero-order valence-corrected chi connectivity index (χ0v) is 16.0. The van der Waals surface area contributed by atoms with Crippen LogP contribution in [0.4, 0.5) is 0 Å². The molecule has 146 valence electrons. The Morgan fingerprint density at radius 3 is 2.70 bits per heavy atom. The quantitative estimate of drug-likeness (QED) is 0.752. The Morgan fingerprint density at radius 1 is 1.26 bits per heavy atom. The lowest BCUT2D eigenvalue weighted by Gasteiger charge is -2.22. The summed E-state index contributed by atoms with van der Waals surface area (Å²) in [5.74, 6) is -0.323. The number of carbonyl (C=O) groups excluding carboxylic acids is 1. The van der Waals surface area contributed by atoms with Crippen LogP contribution < -0.4 is 10.5 Å². The number of nitrogens with two attached hydrogens (primary N) is 1. The molecular formula is C19H25N3O4S. The highest BCUT2D eigenvalue weighted by molar-refractivity contribution is 7.89. The number of benzene rings is 1. The van der Waals surface area contributed by atoms with Gasteiger partial charge in [-0.25, -0.2) is 13.6 Å². The zero-order chi connectivity index (χ0) is 19.3. The summed E-state index contributed by atoms with van der Waals surface area (Å²) >= 11 is 0. The van der Waals surface area contributed by atoms with Gasteiger partial charge in [-0.05, 0) is 37.3 Å². The molecule has 1 fully saturated rings. The monoisotopic (exact) mass is 391 g/mol. The smallest absolute Gasteiger partial charge is 0.267 e. The highest BCUT2D eigenvalue weighted by Crippen LogP contribution is 2.17. The van der Waals surface area contributed by atoms with E-state index in [1.807, 2.05) is 30.3 Å².